The molecule has 0 aliphatic carbocycles. The van der Waals surface area contributed by atoms with E-state index in [1.54, 1.807) is 0 Å². The topological polar surface area (TPSA) is 301 Å². The van der Waals surface area contributed by atoms with Crippen LogP contribution >= 0.6 is 47.4 Å². The molecule has 0 heterocycles. The van der Waals surface area contributed by atoms with Crippen LogP contribution in [0.5, 0.6) is 0 Å². The Morgan fingerprint density at radius 2 is 0.478 bits per heavy atom. The van der Waals surface area contributed by atoms with E-state index in [0.29, 0.717) is 25.7 Å². The zero-order valence-electron chi connectivity index (χ0n) is 25.1. The van der Waals surface area contributed by atoms with E-state index in [1.807, 2.05) is 27.7 Å². The van der Waals surface area contributed by atoms with Gasteiger partial charge in [-0.1, -0.05) is 53.4 Å². The molecule has 0 aromatic carbocycles. The second-order valence-electron chi connectivity index (χ2n) is 7.50. The first kappa shape index (κ1) is 58.7. The van der Waals surface area contributed by atoms with Crippen molar-refractivity contribution in [1.29, 1.82) is 0 Å². The summed E-state index contributed by atoms with van der Waals surface area (Å²) >= 11 is 0. The lowest BCUT2D eigenvalue weighted by molar-refractivity contribution is 0.222. The molecule has 0 spiro atoms. The predicted molar refractivity (Wildman–Crippen MR) is 153 cm³/mol. The zero-order chi connectivity index (χ0) is 38.3. The van der Waals surface area contributed by atoms with Crippen LogP contribution in [0, 0.1) is 0 Å². The maximum absolute atomic E-state index is 11.6. The minimum Gasteiger partial charge on any atom is -0.299 e. The van der Waals surface area contributed by atoms with Crippen molar-refractivity contribution in [2.75, 3.05) is 26.4 Å². The van der Waals surface area contributed by atoms with E-state index in [0.717, 1.165) is 25.7 Å². The summed E-state index contributed by atoms with van der Waals surface area (Å²) in [5, 5.41) is 0. The van der Waals surface area contributed by atoms with Crippen LogP contribution < -0.4 is 0 Å². The highest BCUT2D eigenvalue weighted by Gasteiger charge is 2.17. The summed E-state index contributed by atoms with van der Waals surface area (Å²) in [6, 6.07) is 0. The molecule has 288 valence electrons. The average Bonchev–Trinajstić information content (AvgIpc) is 2.76. The molecule has 0 saturated heterocycles. The van der Waals surface area contributed by atoms with Crippen molar-refractivity contribution < 1.29 is 110 Å². The molecule has 0 rings (SSSR count). The fourth-order valence-corrected chi connectivity index (χ4v) is 2.70. The lowest BCUT2D eigenvalue weighted by Gasteiger charge is -1.99. The van der Waals surface area contributed by atoms with Crippen LogP contribution in [0.3, 0.4) is 0 Å². The van der Waals surface area contributed by atoms with Gasteiger partial charge >= 0.3 is 47.4 Å². The summed E-state index contributed by atoms with van der Waals surface area (Å²) in [5.74, 6) is 0. The molecule has 0 aromatic heterocycles. The Morgan fingerprint density at radius 1 is 0.370 bits per heavy atom. The monoisotopic (exact) mass is 824 g/mol. The van der Waals surface area contributed by atoms with Crippen molar-refractivity contribution >= 4 is 47.4 Å². The van der Waals surface area contributed by atoms with Gasteiger partial charge in [-0.25, -0.2) is 27.4 Å². The van der Waals surface area contributed by atoms with Gasteiger partial charge in [0.25, 0.3) is 0 Å². The van der Waals surface area contributed by atoms with Crippen LogP contribution in [0.25, 0.3) is 0 Å². The summed E-state index contributed by atoms with van der Waals surface area (Å²) in [5.41, 5.74) is 0. The first-order valence-electron chi connectivity index (χ1n) is 12.4. The van der Waals surface area contributed by atoms with Crippen LogP contribution in [0.4, 0.5) is 25.2 Å². The van der Waals surface area contributed by atoms with Gasteiger partial charge < -0.3 is 0 Å². The summed E-state index contributed by atoms with van der Waals surface area (Å²) in [7, 11) is -29.1. The number of rotatable bonds is 16. The van der Waals surface area contributed by atoms with E-state index in [-0.39, 0.29) is 26.4 Å². The smallest absolute Gasteiger partial charge is 0.299 e. The van der Waals surface area contributed by atoms with E-state index >= 15 is 0 Å². The molecule has 4 unspecified atom stereocenters. The Labute approximate surface area is 263 Å². The van der Waals surface area contributed by atoms with Crippen LogP contribution in [0.15, 0.2) is 0 Å². The van der Waals surface area contributed by atoms with E-state index in [1.165, 1.54) is 0 Å². The highest BCUT2D eigenvalue weighted by Crippen LogP contribution is 2.45. The fourth-order valence-electron chi connectivity index (χ4n) is 1.29. The van der Waals surface area contributed by atoms with Gasteiger partial charge in [-0.2, -0.15) is 0 Å². The molecular formula is C16H44F6O18P6. The molecule has 4 atom stereocenters. The molecule has 0 radical (unpaired) electrons. The van der Waals surface area contributed by atoms with Gasteiger partial charge in [0, 0.05) is 0 Å². The van der Waals surface area contributed by atoms with E-state index in [9.17, 15) is 43.4 Å². The van der Waals surface area contributed by atoms with E-state index < -0.39 is 47.4 Å². The zero-order valence-corrected chi connectivity index (χ0v) is 30.5. The molecule has 18 nitrogen and oxygen atoms in total. The van der Waals surface area contributed by atoms with E-state index in [2.05, 4.69) is 18.1 Å². The minimum absolute atomic E-state index is 0.0147. The molecule has 8 N–H and O–H groups in total. The van der Waals surface area contributed by atoms with Crippen molar-refractivity contribution in [1.82, 2.24) is 0 Å². The number of hydrogen-bond donors (Lipinski definition) is 8. The first-order chi connectivity index (χ1) is 20.2. The van der Waals surface area contributed by atoms with Crippen LogP contribution in [-0.4, -0.2) is 65.6 Å². The molecule has 0 aromatic rings. The molecule has 0 amide bonds. The summed E-state index contributed by atoms with van der Waals surface area (Å²) in [6.45, 7) is 7.57. The lowest BCUT2D eigenvalue weighted by Crippen LogP contribution is -1.87. The fraction of sp³-hybridized carbons (Fsp3) is 1.00. The summed E-state index contributed by atoms with van der Waals surface area (Å²) in [4.78, 5) is 59.5. The number of unbranched alkanes of at least 4 members (excludes halogenated alkanes) is 4. The summed E-state index contributed by atoms with van der Waals surface area (Å²) < 4.78 is 139. The number of hydrogen-bond acceptors (Lipinski definition) is 10. The Bertz CT molecular complexity index is 813. The predicted octanol–water partition coefficient (Wildman–Crippen LogP) is 7.59. The highest BCUT2D eigenvalue weighted by atomic mass is 31.2. The first-order valence-corrected chi connectivity index (χ1v) is 21.3. The largest absolute Gasteiger partial charge is 0.510 e. The second-order valence-corrected chi connectivity index (χ2v) is 14.0. The van der Waals surface area contributed by atoms with Gasteiger partial charge in [-0.3, -0.25) is 57.2 Å². The van der Waals surface area contributed by atoms with Crippen LogP contribution in [-0.2, 0) is 45.5 Å². The third-order valence-electron chi connectivity index (χ3n) is 2.99. The van der Waals surface area contributed by atoms with Crippen molar-refractivity contribution in [2.24, 2.45) is 0 Å². The van der Waals surface area contributed by atoms with Gasteiger partial charge in [-0.15, -0.1) is 25.2 Å². The van der Waals surface area contributed by atoms with Crippen molar-refractivity contribution in [3.05, 3.63) is 0 Å². The SMILES string of the molecule is CCCCOP(=O)(O)F.CCCCOP(=O)(O)F.CCCCOP(=O)(O)F.CCCCOP(=O)(O)F.O=P(O)(O)F.O=P(O)(O)F. The lowest BCUT2D eigenvalue weighted by atomic mass is 10.4. The van der Waals surface area contributed by atoms with Crippen LogP contribution in [0.2, 0.25) is 0 Å². The third kappa shape index (κ3) is 140. The molecule has 0 fully saturated rings. The molecule has 0 bridgehead atoms. The average molecular weight is 824 g/mol. The molecular weight excluding hydrogens is 780 g/mol. The van der Waals surface area contributed by atoms with Crippen molar-refractivity contribution in [3.8, 4) is 0 Å². The highest BCUT2D eigenvalue weighted by molar-refractivity contribution is 7.47. The van der Waals surface area contributed by atoms with Crippen molar-refractivity contribution in [2.45, 2.75) is 79.1 Å². The van der Waals surface area contributed by atoms with Gasteiger partial charge in [0.2, 0.25) is 0 Å². The van der Waals surface area contributed by atoms with Gasteiger partial charge in [0.05, 0.1) is 26.4 Å². The normalized spacial score (nSPS) is 16.0. The molecule has 0 saturated carbocycles. The summed E-state index contributed by atoms with van der Waals surface area (Å²) in [6.07, 6.45) is 5.70. The van der Waals surface area contributed by atoms with Gasteiger partial charge in [0.1, 0.15) is 0 Å². The minimum atomic E-state index is -5.14. The number of halogens is 6. The third-order valence-corrected chi connectivity index (χ3v) is 5.00. The van der Waals surface area contributed by atoms with Gasteiger partial charge in [-0.05, 0) is 25.7 Å². The molecule has 0 aliphatic heterocycles. The Balaban J connectivity index is -0.000000106. The quantitative estimate of drug-likeness (QED) is 0.0422. The Kier molecular flexibility index (Phi) is 41.7. The van der Waals surface area contributed by atoms with Crippen molar-refractivity contribution in [3.63, 3.8) is 0 Å². The van der Waals surface area contributed by atoms with Crippen LogP contribution in [0.1, 0.15) is 79.1 Å². The van der Waals surface area contributed by atoms with E-state index in [4.69, 9.17) is 48.3 Å². The molecule has 30 heteroatoms. The molecule has 46 heavy (non-hydrogen) atoms. The maximum Gasteiger partial charge on any atom is 0.510 e. The van der Waals surface area contributed by atoms with Gasteiger partial charge in [0.15, 0.2) is 0 Å². The molecule has 0 aliphatic rings. The Hall–Kier alpha value is 0.480. The standard InChI is InChI=1S/4C4H10FO3P.2FH2O3P/c4*1-2-3-4-8-9(5,6)7;2*1-5(2,3)4/h4*2-4H2,1H3,(H,6,7);2*(H2,2,3,4). The maximum atomic E-state index is 11.6. The second kappa shape index (κ2) is 32.7. The Morgan fingerprint density at radius 3 is 0.543 bits per heavy atom.